The molecule has 0 saturated heterocycles. The van der Waals surface area contributed by atoms with Crippen molar-refractivity contribution in [3.05, 3.63) is 0 Å². The van der Waals surface area contributed by atoms with E-state index in [9.17, 15) is 19.0 Å². The Kier molecular flexibility index (Phi) is 28.5. The predicted octanol–water partition coefficient (Wildman–Crippen LogP) is 8.66. The maximum atomic E-state index is 12.5. The number of rotatable bonds is 33. The van der Waals surface area contributed by atoms with Crippen molar-refractivity contribution in [2.24, 2.45) is 0 Å². The van der Waals surface area contributed by atoms with Gasteiger partial charge in [-0.15, -0.1) is 0 Å². The van der Waals surface area contributed by atoms with Crippen LogP contribution in [-0.4, -0.2) is 70.0 Å². The second kappa shape index (κ2) is 29.2. The Hall–Kier alpha value is -0.990. The Morgan fingerprint density at radius 3 is 1.42 bits per heavy atom. The third kappa shape index (κ3) is 32.7. The summed E-state index contributed by atoms with van der Waals surface area (Å²) in [6, 6.07) is 0. The summed E-state index contributed by atoms with van der Waals surface area (Å²) < 4.78 is 33.6. The predicted molar refractivity (Wildman–Crippen MR) is 181 cm³/mol. The van der Waals surface area contributed by atoms with Gasteiger partial charge in [0.25, 0.3) is 7.82 Å². The van der Waals surface area contributed by atoms with Crippen molar-refractivity contribution in [2.45, 2.75) is 168 Å². The van der Waals surface area contributed by atoms with Crippen LogP contribution in [0, 0.1) is 0 Å². The first-order valence-electron chi connectivity index (χ1n) is 18.2. The van der Waals surface area contributed by atoms with Crippen LogP contribution in [0.4, 0.5) is 0 Å². The molecule has 0 fully saturated rings. The molecular formula is C35H70NO8P. The molecule has 10 heteroatoms. The van der Waals surface area contributed by atoms with Crippen LogP contribution in [-0.2, 0) is 32.7 Å². The standard InChI is InChI=1S/C35H70NO8P/c1-6-8-10-12-14-16-17-18-19-20-22-24-26-28-35(38)44-33(32-43-45(39,40)42-30-29-36(3,4)5)31-41-34(37)27-25-23-21-15-13-11-9-7-2/h33H,6-32H2,1-5H3/t33-/m1/s1. The van der Waals surface area contributed by atoms with Crippen molar-refractivity contribution in [1.82, 2.24) is 0 Å². The SMILES string of the molecule is CCCCCCCCCCCCCCCC(=O)O[C@H](COC(=O)CCCCCCCCCC)COP(=O)([O-])OCC[N+](C)(C)C. The topological polar surface area (TPSA) is 111 Å². The van der Waals surface area contributed by atoms with Gasteiger partial charge < -0.3 is 27.9 Å². The molecule has 0 amide bonds. The lowest BCUT2D eigenvalue weighted by molar-refractivity contribution is -0.870. The number of nitrogens with zero attached hydrogens (tertiary/aromatic N) is 1. The van der Waals surface area contributed by atoms with Crippen LogP contribution in [0.1, 0.15) is 162 Å². The summed E-state index contributed by atoms with van der Waals surface area (Å²) in [5, 5.41) is 0. The summed E-state index contributed by atoms with van der Waals surface area (Å²) in [6.45, 7) is 4.18. The average Bonchev–Trinajstić information content (AvgIpc) is 2.97. The van der Waals surface area contributed by atoms with Crippen molar-refractivity contribution < 1.29 is 42.1 Å². The van der Waals surface area contributed by atoms with Crippen LogP contribution >= 0.6 is 7.82 Å². The van der Waals surface area contributed by atoms with Crippen molar-refractivity contribution in [3.63, 3.8) is 0 Å². The summed E-state index contributed by atoms with van der Waals surface area (Å²) in [5.41, 5.74) is 0. The molecule has 0 radical (unpaired) electrons. The van der Waals surface area contributed by atoms with Gasteiger partial charge in [-0.3, -0.25) is 14.2 Å². The molecule has 0 aliphatic rings. The van der Waals surface area contributed by atoms with Gasteiger partial charge in [0.1, 0.15) is 19.8 Å². The second-order valence-corrected chi connectivity index (χ2v) is 15.0. The summed E-state index contributed by atoms with van der Waals surface area (Å²) in [7, 11) is 1.17. The zero-order valence-electron chi connectivity index (χ0n) is 29.8. The number of quaternary nitrogens is 1. The maximum absolute atomic E-state index is 12.5. The Labute approximate surface area is 276 Å². The van der Waals surface area contributed by atoms with E-state index in [1.165, 1.54) is 96.3 Å². The molecule has 1 unspecified atom stereocenters. The number of carbonyl (C=O) groups excluding carboxylic acids is 2. The van der Waals surface area contributed by atoms with E-state index in [4.69, 9.17) is 18.5 Å². The Bertz CT molecular complexity index is 758. The highest BCUT2D eigenvalue weighted by Gasteiger charge is 2.21. The van der Waals surface area contributed by atoms with E-state index >= 15 is 0 Å². The molecule has 0 aliphatic carbocycles. The first-order chi connectivity index (χ1) is 21.5. The highest BCUT2D eigenvalue weighted by atomic mass is 31.2. The molecule has 0 aromatic heterocycles. The van der Waals surface area contributed by atoms with Crippen LogP contribution in [0.15, 0.2) is 0 Å². The van der Waals surface area contributed by atoms with Crippen LogP contribution < -0.4 is 4.89 Å². The summed E-state index contributed by atoms with van der Waals surface area (Å²) in [6.07, 6.45) is 24.2. The zero-order chi connectivity index (χ0) is 33.7. The molecule has 0 aromatic carbocycles. The number of unbranched alkanes of at least 4 members (excludes halogenated alkanes) is 19. The van der Waals surface area contributed by atoms with Gasteiger partial charge in [0.2, 0.25) is 0 Å². The number of ether oxygens (including phenoxy) is 2. The quantitative estimate of drug-likeness (QED) is 0.0297. The second-order valence-electron chi connectivity index (χ2n) is 13.6. The highest BCUT2D eigenvalue weighted by Crippen LogP contribution is 2.38. The minimum absolute atomic E-state index is 0.0264. The molecule has 0 N–H and O–H groups in total. The largest absolute Gasteiger partial charge is 0.756 e. The van der Waals surface area contributed by atoms with Gasteiger partial charge in [0.05, 0.1) is 27.7 Å². The maximum Gasteiger partial charge on any atom is 0.306 e. The normalized spacial score (nSPS) is 13.8. The smallest absolute Gasteiger partial charge is 0.306 e. The van der Waals surface area contributed by atoms with Gasteiger partial charge in [-0.2, -0.15) is 0 Å². The zero-order valence-corrected chi connectivity index (χ0v) is 30.7. The molecule has 0 saturated carbocycles. The number of phosphoric ester groups is 1. The molecule has 0 aromatic rings. The lowest BCUT2D eigenvalue weighted by Gasteiger charge is -2.28. The molecule has 0 spiro atoms. The van der Waals surface area contributed by atoms with Gasteiger partial charge in [0, 0.05) is 12.8 Å². The number of carbonyl (C=O) groups is 2. The fraction of sp³-hybridized carbons (Fsp3) is 0.943. The van der Waals surface area contributed by atoms with Gasteiger partial charge in [-0.1, -0.05) is 136 Å². The fourth-order valence-electron chi connectivity index (χ4n) is 4.95. The van der Waals surface area contributed by atoms with E-state index in [1.54, 1.807) is 0 Å². The van der Waals surface area contributed by atoms with E-state index < -0.39 is 26.5 Å². The van der Waals surface area contributed by atoms with Gasteiger partial charge in [-0.05, 0) is 12.8 Å². The molecule has 2 atom stereocenters. The van der Waals surface area contributed by atoms with Crippen LogP contribution in [0.2, 0.25) is 0 Å². The molecule has 0 aliphatic heterocycles. The molecule has 268 valence electrons. The van der Waals surface area contributed by atoms with Crippen LogP contribution in [0.25, 0.3) is 0 Å². The van der Waals surface area contributed by atoms with Crippen molar-refractivity contribution in [1.29, 1.82) is 0 Å². The average molecular weight is 664 g/mol. The number of esters is 2. The van der Waals surface area contributed by atoms with Crippen molar-refractivity contribution in [3.8, 4) is 0 Å². The summed E-state index contributed by atoms with van der Waals surface area (Å²) >= 11 is 0. The summed E-state index contributed by atoms with van der Waals surface area (Å²) in [4.78, 5) is 37.1. The first-order valence-corrected chi connectivity index (χ1v) is 19.7. The summed E-state index contributed by atoms with van der Waals surface area (Å²) in [5.74, 6) is -0.833. The molecule has 0 rings (SSSR count). The lowest BCUT2D eigenvalue weighted by atomic mass is 10.0. The van der Waals surface area contributed by atoms with Gasteiger partial charge in [-0.25, -0.2) is 0 Å². The van der Waals surface area contributed by atoms with E-state index in [1.807, 2.05) is 21.1 Å². The third-order valence-electron chi connectivity index (χ3n) is 7.88. The van der Waals surface area contributed by atoms with E-state index in [-0.39, 0.29) is 32.0 Å². The van der Waals surface area contributed by atoms with Gasteiger partial charge >= 0.3 is 11.9 Å². The Morgan fingerprint density at radius 2 is 1.00 bits per heavy atom. The number of hydrogen-bond donors (Lipinski definition) is 0. The third-order valence-corrected chi connectivity index (χ3v) is 8.84. The van der Waals surface area contributed by atoms with Crippen LogP contribution in [0.3, 0.4) is 0 Å². The van der Waals surface area contributed by atoms with Gasteiger partial charge in [0.15, 0.2) is 6.10 Å². The van der Waals surface area contributed by atoms with Crippen molar-refractivity contribution in [2.75, 3.05) is 47.5 Å². The van der Waals surface area contributed by atoms with Crippen LogP contribution in [0.5, 0.6) is 0 Å². The highest BCUT2D eigenvalue weighted by molar-refractivity contribution is 7.45. The number of phosphoric acid groups is 1. The molecule has 9 nitrogen and oxygen atoms in total. The van der Waals surface area contributed by atoms with E-state index in [2.05, 4.69) is 13.8 Å². The first kappa shape index (κ1) is 44.0. The van der Waals surface area contributed by atoms with Crippen molar-refractivity contribution >= 4 is 19.8 Å². The molecular weight excluding hydrogens is 593 g/mol. The Morgan fingerprint density at radius 1 is 0.600 bits per heavy atom. The monoisotopic (exact) mass is 663 g/mol. The molecule has 45 heavy (non-hydrogen) atoms. The lowest BCUT2D eigenvalue weighted by Crippen LogP contribution is -2.37. The van der Waals surface area contributed by atoms with E-state index in [0.717, 1.165) is 32.1 Å². The van der Waals surface area contributed by atoms with E-state index in [0.29, 0.717) is 17.4 Å². The minimum atomic E-state index is -4.60. The number of hydrogen-bond acceptors (Lipinski definition) is 8. The Balaban J connectivity index is 4.43. The number of likely N-dealkylation sites (N-methyl/N-ethyl adjacent to an activating group) is 1. The molecule has 0 bridgehead atoms. The minimum Gasteiger partial charge on any atom is -0.756 e. The molecule has 0 heterocycles. The fourth-order valence-corrected chi connectivity index (χ4v) is 5.68.